The summed E-state index contributed by atoms with van der Waals surface area (Å²) in [5, 5.41) is 7.48. The van der Waals surface area contributed by atoms with Gasteiger partial charge in [0.15, 0.2) is 0 Å². The van der Waals surface area contributed by atoms with E-state index in [1.807, 2.05) is 0 Å². The Morgan fingerprint density at radius 3 is 1.32 bits per heavy atom. The van der Waals surface area contributed by atoms with Gasteiger partial charge in [-0.25, -0.2) is 0 Å². The molecule has 2 nitrogen and oxygen atoms in total. The van der Waals surface area contributed by atoms with E-state index < -0.39 is 0 Å². The molecule has 0 fully saturated rings. The third kappa shape index (κ3) is 6.42. The lowest BCUT2D eigenvalue weighted by atomic mass is 9.79. The fourth-order valence-corrected chi connectivity index (χ4v) is 8.16. The molecule has 0 bridgehead atoms. The van der Waals surface area contributed by atoms with Gasteiger partial charge in [0.1, 0.15) is 0 Å². The Morgan fingerprint density at radius 1 is 0.415 bits per heavy atom. The van der Waals surface area contributed by atoms with E-state index in [4.69, 9.17) is 0 Å². The van der Waals surface area contributed by atoms with Crippen LogP contribution < -0.4 is 9.80 Å². The van der Waals surface area contributed by atoms with Crippen LogP contribution in [0, 0.1) is 5.41 Å². The lowest BCUT2D eigenvalue weighted by Crippen LogP contribution is -2.22. The minimum absolute atomic E-state index is 0.0768. The molecule has 1 aliphatic rings. The first kappa shape index (κ1) is 34.5. The molecule has 0 heterocycles. The van der Waals surface area contributed by atoms with Crippen LogP contribution in [0.4, 0.5) is 28.4 Å². The molecular formula is C51H50N2. The standard InChI is InChI=1S/C51H50N2/c1-35-32-37(51(5,6)7)28-31-47(35)53(39-20-12-9-13-21-39)49-34-46-41-22-14-16-24-43(41)48(33-45(46)42-23-15-17-25-44(42)49)52(38-18-10-8-11-19-38)40-29-26-36(27-30-40)50(2,3)4/h8-27,29-30,32-34H,28,31H2,1-7H3. The topological polar surface area (TPSA) is 6.48 Å². The molecule has 0 saturated carbocycles. The largest absolute Gasteiger partial charge is 0.313 e. The van der Waals surface area contributed by atoms with Crippen LogP contribution in [0.15, 0.2) is 169 Å². The average molecular weight is 691 g/mol. The van der Waals surface area contributed by atoms with Gasteiger partial charge in [-0.2, -0.15) is 0 Å². The number of benzene rings is 7. The van der Waals surface area contributed by atoms with E-state index in [1.54, 1.807) is 0 Å². The molecule has 7 aromatic rings. The maximum Gasteiger partial charge on any atom is 0.0546 e. The fraction of sp³-hybridized carbons (Fsp3) is 0.216. The van der Waals surface area contributed by atoms with E-state index in [0.29, 0.717) is 0 Å². The van der Waals surface area contributed by atoms with Crippen molar-refractivity contribution in [3.05, 3.63) is 174 Å². The summed E-state index contributed by atoms with van der Waals surface area (Å²) in [5.74, 6) is 0. The molecule has 0 unspecified atom stereocenters. The molecule has 0 amide bonds. The van der Waals surface area contributed by atoms with Gasteiger partial charge in [-0.1, -0.05) is 150 Å². The minimum Gasteiger partial charge on any atom is -0.313 e. The van der Waals surface area contributed by atoms with Gasteiger partial charge in [0.25, 0.3) is 0 Å². The molecule has 7 aromatic carbocycles. The van der Waals surface area contributed by atoms with Crippen molar-refractivity contribution in [2.75, 3.05) is 9.80 Å². The Morgan fingerprint density at radius 2 is 0.849 bits per heavy atom. The van der Waals surface area contributed by atoms with Crippen molar-refractivity contribution in [1.82, 2.24) is 0 Å². The van der Waals surface area contributed by atoms with E-state index in [0.717, 1.165) is 24.2 Å². The van der Waals surface area contributed by atoms with Gasteiger partial charge in [0.2, 0.25) is 0 Å². The monoisotopic (exact) mass is 690 g/mol. The van der Waals surface area contributed by atoms with Gasteiger partial charge < -0.3 is 9.80 Å². The van der Waals surface area contributed by atoms with Crippen LogP contribution in [0.2, 0.25) is 0 Å². The molecule has 0 N–H and O–H groups in total. The predicted molar refractivity (Wildman–Crippen MR) is 230 cm³/mol. The summed E-state index contributed by atoms with van der Waals surface area (Å²) in [6.07, 6.45) is 4.51. The molecule has 2 heteroatoms. The van der Waals surface area contributed by atoms with E-state index in [1.165, 1.54) is 71.8 Å². The Bertz CT molecular complexity index is 2510. The smallest absolute Gasteiger partial charge is 0.0546 e. The van der Waals surface area contributed by atoms with Crippen molar-refractivity contribution in [1.29, 1.82) is 0 Å². The Kier molecular flexibility index (Phi) is 8.74. The third-order valence-electron chi connectivity index (χ3n) is 11.1. The van der Waals surface area contributed by atoms with Crippen molar-refractivity contribution in [3.8, 4) is 0 Å². The lowest BCUT2D eigenvalue weighted by Gasteiger charge is -2.35. The summed E-state index contributed by atoms with van der Waals surface area (Å²) in [5.41, 5.74) is 11.6. The average Bonchev–Trinajstić information content (AvgIpc) is 3.16. The highest BCUT2D eigenvalue weighted by Gasteiger charge is 2.27. The number of para-hydroxylation sites is 2. The summed E-state index contributed by atoms with van der Waals surface area (Å²) in [7, 11) is 0. The van der Waals surface area contributed by atoms with E-state index in [9.17, 15) is 0 Å². The summed E-state index contributed by atoms with van der Waals surface area (Å²) >= 11 is 0. The van der Waals surface area contributed by atoms with Crippen molar-refractivity contribution in [2.24, 2.45) is 5.41 Å². The first-order chi connectivity index (χ1) is 25.5. The molecule has 8 rings (SSSR count). The Labute approximate surface area is 315 Å². The Hall–Kier alpha value is -5.60. The molecule has 0 atom stereocenters. The molecule has 0 aromatic heterocycles. The molecule has 53 heavy (non-hydrogen) atoms. The number of anilines is 5. The minimum atomic E-state index is 0.0768. The van der Waals surface area contributed by atoms with Gasteiger partial charge in [-0.3, -0.25) is 0 Å². The Balaban J connectivity index is 1.42. The maximum absolute atomic E-state index is 2.54. The van der Waals surface area contributed by atoms with Gasteiger partial charge in [-0.05, 0) is 112 Å². The van der Waals surface area contributed by atoms with Gasteiger partial charge >= 0.3 is 0 Å². The third-order valence-corrected chi connectivity index (χ3v) is 11.1. The summed E-state index contributed by atoms with van der Waals surface area (Å²) < 4.78 is 0. The van der Waals surface area contributed by atoms with Crippen LogP contribution in [0.5, 0.6) is 0 Å². The van der Waals surface area contributed by atoms with Gasteiger partial charge in [0.05, 0.1) is 11.4 Å². The number of rotatable bonds is 6. The highest BCUT2D eigenvalue weighted by molar-refractivity contribution is 6.24. The fourth-order valence-electron chi connectivity index (χ4n) is 8.16. The van der Waals surface area contributed by atoms with Crippen molar-refractivity contribution < 1.29 is 0 Å². The van der Waals surface area contributed by atoms with Crippen LogP contribution in [-0.2, 0) is 5.41 Å². The van der Waals surface area contributed by atoms with Gasteiger partial charge in [-0.15, -0.1) is 0 Å². The molecule has 0 spiro atoms. The molecule has 264 valence electrons. The van der Waals surface area contributed by atoms with Crippen LogP contribution in [0.25, 0.3) is 32.3 Å². The van der Waals surface area contributed by atoms with Crippen molar-refractivity contribution in [2.45, 2.75) is 66.7 Å². The first-order valence-corrected chi connectivity index (χ1v) is 19.1. The zero-order valence-corrected chi connectivity index (χ0v) is 32.2. The van der Waals surface area contributed by atoms with Crippen molar-refractivity contribution >= 4 is 60.8 Å². The highest BCUT2D eigenvalue weighted by Crippen LogP contribution is 2.48. The number of nitrogens with zero attached hydrogens (tertiary/aromatic N) is 2. The SMILES string of the molecule is CC1=C(N(c2ccccc2)c2cc3c4ccccc4c(N(c4ccccc4)c4ccc(C(C)(C)C)cc4)cc3c3ccccc23)CCC(C(C)(C)C)=C1. The first-order valence-electron chi connectivity index (χ1n) is 19.1. The van der Waals surface area contributed by atoms with Crippen LogP contribution in [0.3, 0.4) is 0 Å². The normalized spacial score (nSPS) is 13.8. The number of hydrogen-bond donors (Lipinski definition) is 0. The zero-order chi connectivity index (χ0) is 36.9. The van der Waals surface area contributed by atoms with Gasteiger partial charge in [0, 0.05) is 33.5 Å². The molecule has 0 radical (unpaired) electrons. The van der Waals surface area contributed by atoms with Crippen LogP contribution in [-0.4, -0.2) is 0 Å². The second-order valence-corrected chi connectivity index (χ2v) is 16.7. The lowest BCUT2D eigenvalue weighted by molar-refractivity contribution is 0.477. The van der Waals surface area contributed by atoms with Crippen LogP contribution in [0.1, 0.15) is 66.9 Å². The number of fused-ring (bicyclic) bond motifs is 5. The second kappa shape index (κ2) is 13.4. The number of hydrogen-bond acceptors (Lipinski definition) is 2. The quantitative estimate of drug-likeness (QED) is 0.160. The summed E-state index contributed by atoms with van der Waals surface area (Å²) in [6.45, 7) is 16.1. The second-order valence-electron chi connectivity index (χ2n) is 16.7. The molecule has 0 aliphatic heterocycles. The summed E-state index contributed by atoms with van der Waals surface area (Å²) in [6, 6.07) is 53.8. The number of allylic oxidation sites excluding steroid dienone is 4. The molecular weight excluding hydrogens is 641 g/mol. The maximum atomic E-state index is 2.54. The molecule has 1 aliphatic carbocycles. The van der Waals surface area contributed by atoms with E-state index in [2.05, 4.69) is 210 Å². The van der Waals surface area contributed by atoms with Crippen molar-refractivity contribution in [3.63, 3.8) is 0 Å². The summed E-state index contributed by atoms with van der Waals surface area (Å²) in [4.78, 5) is 4.98. The van der Waals surface area contributed by atoms with E-state index >= 15 is 0 Å². The zero-order valence-electron chi connectivity index (χ0n) is 32.2. The highest BCUT2D eigenvalue weighted by atomic mass is 15.2. The molecule has 0 saturated heterocycles. The van der Waals surface area contributed by atoms with Crippen LogP contribution >= 0.6 is 0 Å². The predicted octanol–water partition coefficient (Wildman–Crippen LogP) is 15.1. The van der Waals surface area contributed by atoms with E-state index in [-0.39, 0.29) is 10.8 Å².